The Hall–Kier alpha value is -1.95. The number of terminal acetylenes is 1. The molecule has 1 amide bonds. The molecule has 0 spiro atoms. The number of amides is 1. The molecule has 0 saturated carbocycles. The van der Waals surface area contributed by atoms with Crippen molar-refractivity contribution in [3.05, 3.63) is 29.8 Å². The molecule has 3 nitrogen and oxygen atoms in total. The van der Waals surface area contributed by atoms with Crippen molar-refractivity contribution in [2.24, 2.45) is 0 Å². The van der Waals surface area contributed by atoms with E-state index in [1.165, 1.54) is 11.3 Å². The molecule has 0 unspecified atom stereocenters. The molecule has 1 aliphatic heterocycles. The first-order chi connectivity index (χ1) is 8.72. The first-order valence-electron chi connectivity index (χ1n) is 6.27. The summed E-state index contributed by atoms with van der Waals surface area (Å²) >= 11 is 0. The monoisotopic (exact) mass is 242 g/mol. The van der Waals surface area contributed by atoms with Gasteiger partial charge in [-0.05, 0) is 31.4 Å². The van der Waals surface area contributed by atoms with Crippen LogP contribution in [0.3, 0.4) is 0 Å². The largest absolute Gasteiger partial charge is 0.359 e. The van der Waals surface area contributed by atoms with Crippen LogP contribution in [0.15, 0.2) is 24.3 Å². The third-order valence-electron chi connectivity index (χ3n) is 3.37. The predicted octanol–water partition coefficient (Wildman–Crippen LogP) is 1.58. The molecule has 0 fully saturated rings. The van der Waals surface area contributed by atoms with Gasteiger partial charge in [0, 0.05) is 11.7 Å². The number of nitrogens with zero attached hydrogens (tertiary/aromatic N) is 1. The maximum absolute atomic E-state index is 11.8. The molecule has 0 aromatic heterocycles. The molecular weight excluding hydrogens is 224 g/mol. The quantitative estimate of drug-likeness (QED) is 0.816. The summed E-state index contributed by atoms with van der Waals surface area (Å²) in [7, 11) is 0. The maximum atomic E-state index is 11.8. The number of carbonyl (C=O) groups excluding carboxylic acids is 1. The van der Waals surface area contributed by atoms with Gasteiger partial charge in [-0.1, -0.05) is 24.1 Å². The van der Waals surface area contributed by atoms with Crippen molar-refractivity contribution < 1.29 is 4.79 Å². The molecule has 0 bridgehead atoms. The van der Waals surface area contributed by atoms with Gasteiger partial charge in [0.15, 0.2) is 0 Å². The van der Waals surface area contributed by atoms with Crippen LogP contribution in [0.4, 0.5) is 5.69 Å². The molecule has 1 aliphatic rings. The van der Waals surface area contributed by atoms with Crippen LogP contribution in [0.5, 0.6) is 0 Å². The number of benzene rings is 1. The van der Waals surface area contributed by atoms with Crippen LogP contribution in [-0.4, -0.2) is 25.0 Å². The van der Waals surface area contributed by atoms with Crippen molar-refractivity contribution >= 4 is 11.6 Å². The number of aryl methyl sites for hydroxylation is 1. The maximum Gasteiger partial charge on any atom is 0.240 e. The summed E-state index contributed by atoms with van der Waals surface area (Å²) in [5, 5.41) is 2.71. The van der Waals surface area contributed by atoms with Gasteiger partial charge in [-0.15, -0.1) is 6.42 Å². The normalized spacial score (nSPS) is 17.8. The molecule has 1 atom stereocenters. The summed E-state index contributed by atoms with van der Waals surface area (Å²) in [6.07, 6.45) is 7.30. The molecule has 1 aromatic rings. The van der Waals surface area contributed by atoms with Gasteiger partial charge in [0.1, 0.15) is 0 Å². The molecule has 0 radical (unpaired) electrons. The highest BCUT2D eigenvalue weighted by Crippen LogP contribution is 2.29. The van der Waals surface area contributed by atoms with E-state index < -0.39 is 0 Å². The minimum atomic E-state index is -0.0171. The number of hydrogen-bond donors (Lipinski definition) is 1. The third kappa shape index (κ3) is 2.65. The number of hydrogen-bond acceptors (Lipinski definition) is 2. The highest BCUT2D eigenvalue weighted by molar-refractivity contribution is 5.82. The summed E-state index contributed by atoms with van der Waals surface area (Å²) < 4.78 is 0. The topological polar surface area (TPSA) is 32.3 Å². The summed E-state index contributed by atoms with van der Waals surface area (Å²) in [4.78, 5) is 13.9. The van der Waals surface area contributed by atoms with Crippen molar-refractivity contribution in [2.75, 3.05) is 18.0 Å². The van der Waals surface area contributed by atoms with Crippen LogP contribution in [0.25, 0.3) is 0 Å². The lowest BCUT2D eigenvalue weighted by atomic mass is 9.97. The van der Waals surface area contributed by atoms with E-state index in [9.17, 15) is 4.79 Å². The van der Waals surface area contributed by atoms with Gasteiger partial charge >= 0.3 is 0 Å². The first-order valence-corrected chi connectivity index (χ1v) is 6.27. The second-order valence-corrected chi connectivity index (χ2v) is 4.63. The summed E-state index contributed by atoms with van der Waals surface area (Å²) in [6, 6.07) is 8.67. The summed E-state index contributed by atoms with van der Waals surface area (Å²) in [5.41, 5.74) is 2.49. The van der Waals surface area contributed by atoms with E-state index in [1.54, 1.807) is 0 Å². The van der Waals surface area contributed by atoms with Crippen LogP contribution in [0.2, 0.25) is 0 Å². The van der Waals surface area contributed by atoms with Crippen molar-refractivity contribution in [2.45, 2.75) is 25.8 Å². The predicted molar refractivity (Wildman–Crippen MR) is 73.4 cm³/mol. The standard InChI is InChI=1S/C15H18N2O/c1-3-10-16-15(18)11-17-12(2)8-9-13-6-4-5-7-14(13)17/h1,4-7,12H,8-11H2,2H3,(H,16,18)/t12-/m0/s1. The SMILES string of the molecule is C#CCNC(=O)CN1c2ccccc2CC[C@@H]1C. The molecule has 1 aromatic carbocycles. The molecule has 18 heavy (non-hydrogen) atoms. The zero-order valence-corrected chi connectivity index (χ0v) is 10.6. The second kappa shape index (κ2) is 5.59. The van der Waals surface area contributed by atoms with E-state index in [2.05, 4.69) is 35.2 Å². The van der Waals surface area contributed by atoms with Crippen LogP contribution in [0.1, 0.15) is 18.9 Å². The highest BCUT2D eigenvalue weighted by Gasteiger charge is 2.24. The van der Waals surface area contributed by atoms with Crippen molar-refractivity contribution in [1.82, 2.24) is 5.32 Å². The van der Waals surface area contributed by atoms with Crippen molar-refractivity contribution in [1.29, 1.82) is 0 Å². The van der Waals surface area contributed by atoms with Crippen LogP contribution >= 0.6 is 0 Å². The fraction of sp³-hybridized carbons (Fsp3) is 0.400. The molecular formula is C15H18N2O. The van der Waals surface area contributed by atoms with Crippen LogP contribution in [-0.2, 0) is 11.2 Å². The van der Waals surface area contributed by atoms with Gasteiger partial charge in [-0.2, -0.15) is 0 Å². The zero-order chi connectivity index (χ0) is 13.0. The lowest BCUT2D eigenvalue weighted by Crippen LogP contribution is -2.44. The van der Waals surface area contributed by atoms with E-state index in [4.69, 9.17) is 6.42 Å². The Morgan fingerprint density at radius 3 is 3.11 bits per heavy atom. The fourth-order valence-corrected chi connectivity index (χ4v) is 2.36. The number of anilines is 1. The Kier molecular flexibility index (Phi) is 3.88. The number of para-hydroxylation sites is 1. The van der Waals surface area contributed by atoms with Crippen LogP contribution < -0.4 is 10.2 Å². The molecule has 3 heteroatoms. The van der Waals surface area contributed by atoms with Crippen molar-refractivity contribution in [3.8, 4) is 12.3 Å². The second-order valence-electron chi connectivity index (χ2n) is 4.63. The van der Waals surface area contributed by atoms with E-state index in [1.807, 2.05) is 12.1 Å². The average Bonchev–Trinajstić information content (AvgIpc) is 2.40. The Labute approximate surface area is 108 Å². The Bertz CT molecular complexity index is 476. The zero-order valence-electron chi connectivity index (χ0n) is 10.6. The number of nitrogens with one attached hydrogen (secondary N) is 1. The van der Waals surface area contributed by atoms with Gasteiger partial charge in [0.25, 0.3) is 0 Å². The van der Waals surface area contributed by atoms with Crippen LogP contribution in [0, 0.1) is 12.3 Å². The Morgan fingerprint density at radius 2 is 2.33 bits per heavy atom. The molecule has 2 rings (SSSR count). The van der Waals surface area contributed by atoms with E-state index >= 15 is 0 Å². The van der Waals surface area contributed by atoms with Gasteiger partial charge in [-0.3, -0.25) is 4.79 Å². The Balaban J connectivity index is 2.12. The lowest BCUT2D eigenvalue weighted by molar-refractivity contribution is -0.119. The molecule has 1 N–H and O–H groups in total. The minimum Gasteiger partial charge on any atom is -0.359 e. The molecule has 0 saturated heterocycles. The molecule has 0 aliphatic carbocycles. The number of carbonyl (C=O) groups is 1. The highest BCUT2D eigenvalue weighted by atomic mass is 16.2. The Morgan fingerprint density at radius 1 is 1.56 bits per heavy atom. The molecule has 94 valence electrons. The number of rotatable bonds is 3. The van der Waals surface area contributed by atoms with Crippen molar-refractivity contribution in [3.63, 3.8) is 0 Å². The fourth-order valence-electron chi connectivity index (χ4n) is 2.36. The summed E-state index contributed by atoms with van der Waals surface area (Å²) in [6.45, 7) is 2.83. The average molecular weight is 242 g/mol. The number of fused-ring (bicyclic) bond motifs is 1. The van der Waals surface area contributed by atoms with Gasteiger partial charge < -0.3 is 10.2 Å². The molecule has 1 heterocycles. The van der Waals surface area contributed by atoms with E-state index in [-0.39, 0.29) is 5.91 Å². The smallest absolute Gasteiger partial charge is 0.240 e. The van der Waals surface area contributed by atoms with E-state index in [0.717, 1.165) is 12.8 Å². The van der Waals surface area contributed by atoms with Gasteiger partial charge in [-0.25, -0.2) is 0 Å². The summed E-state index contributed by atoms with van der Waals surface area (Å²) in [5.74, 6) is 2.40. The lowest BCUT2D eigenvalue weighted by Gasteiger charge is -2.36. The first kappa shape index (κ1) is 12.5. The van der Waals surface area contributed by atoms with Gasteiger partial charge in [0.05, 0.1) is 13.1 Å². The minimum absolute atomic E-state index is 0.0171. The van der Waals surface area contributed by atoms with Gasteiger partial charge in [0.2, 0.25) is 5.91 Å². The van der Waals surface area contributed by atoms with E-state index in [0.29, 0.717) is 19.1 Å². The third-order valence-corrected chi connectivity index (χ3v) is 3.37.